The summed E-state index contributed by atoms with van der Waals surface area (Å²) in [5.41, 5.74) is 0.508. The topological polar surface area (TPSA) is 57.0 Å². The largest absolute Gasteiger partial charge is 0.449 e. The number of thioether (sulfide) groups is 1. The molecule has 108 valence electrons. The van der Waals surface area contributed by atoms with Crippen LogP contribution in [-0.4, -0.2) is 33.1 Å². The molecular weight excluding hydrogens is 354 g/mol. The minimum atomic E-state index is -0.377. The summed E-state index contributed by atoms with van der Waals surface area (Å²) in [4.78, 5) is 11.7. The van der Waals surface area contributed by atoms with Gasteiger partial charge in [-0.15, -0.1) is 10.2 Å². The average Bonchev–Trinajstić information content (AvgIpc) is 2.88. The molecule has 1 aromatic carbocycles. The molecule has 0 saturated heterocycles. The maximum atomic E-state index is 11.7. The van der Waals surface area contributed by atoms with Crippen molar-refractivity contribution in [2.45, 2.75) is 5.16 Å². The molecule has 5 nitrogen and oxygen atoms in total. The highest BCUT2D eigenvalue weighted by Gasteiger charge is 2.05. The van der Waals surface area contributed by atoms with Crippen LogP contribution in [0.25, 0.3) is 0 Å². The molecule has 0 aliphatic heterocycles. The molecule has 7 heteroatoms. The van der Waals surface area contributed by atoms with Gasteiger partial charge in [-0.25, -0.2) is 4.79 Å². The number of aryl methyl sites for hydroxylation is 1. The van der Waals surface area contributed by atoms with Crippen LogP contribution in [0.15, 0.2) is 40.2 Å². The van der Waals surface area contributed by atoms with E-state index in [9.17, 15) is 4.79 Å². The zero-order chi connectivity index (χ0) is 15.1. The fraction of sp³-hybridized carbons (Fsp3) is 0.214. The predicted molar refractivity (Wildman–Crippen MR) is 83.9 cm³/mol. The molecule has 0 aliphatic rings. The van der Waals surface area contributed by atoms with Gasteiger partial charge in [0.2, 0.25) is 0 Å². The Bertz CT molecular complexity index is 674. The van der Waals surface area contributed by atoms with E-state index in [1.165, 1.54) is 11.8 Å². The van der Waals surface area contributed by atoms with E-state index in [0.717, 1.165) is 9.63 Å². The first-order valence-electron chi connectivity index (χ1n) is 6.02. The summed E-state index contributed by atoms with van der Waals surface area (Å²) >= 11 is 4.79. The van der Waals surface area contributed by atoms with Crippen molar-refractivity contribution in [1.29, 1.82) is 0 Å². The lowest BCUT2D eigenvalue weighted by Crippen LogP contribution is -2.05. The van der Waals surface area contributed by atoms with E-state index < -0.39 is 0 Å². The Morgan fingerprint density at radius 1 is 1.38 bits per heavy atom. The van der Waals surface area contributed by atoms with Crippen molar-refractivity contribution in [2.75, 3.05) is 12.4 Å². The summed E-state index contributed by atoms with van der Waals surface area (Å²) < 4.78 is 7.79. The lowest BCUT2D eigenvalue weighted by Gasteiger charge is -2.00. The van der Waals surface area contributed by atoms with Crippen LogP contribution < -0.4 is 0 Å². The maximum absolute atomic E-state index is 11.7. The quantitative estimate of drug-likeness (QED) is 0.473. The van der Waals surface area contributed by atoms with E-state index in [1.807, 2.05) is 11.6 Å². The monoisotopic (exact) mass is 365 g/mol. The Balaban J connectivity index is 1.72. The predicted octanol–water partition coefficient (Wildman–Crippen LogP) is 2.53. The van der Waals surface area contributed by atoms with Crippen molar-refractivity contribution >= 4 is 33.7 Å². The van der Waals surface area contributed by atoms with Crippen LogP contribution in [0, 0.1) is 11.8 Å². The van der Waals surface area contributed by atoms with E-state index in [1.54, 1.807) is 30.6 Å². The standard InChI is InChI=1S/C14H12BrN3O2S/c1-18-10-16-17-14(18)21-9-3-2-8-20-13(19)11-4-6-12(15)7-5-11/h4-7,10H,8-9H2,1H3. The number of rotatable bonds is 4. The third-order valence-corrected chi connectivity index (χ3v) is 3.87. The molecule has 1 aromatic heterocycles. The minimum absolute atomic E-state index is 0.0777. The molecule has 2 aromatic rings. The van der Waals surface area contributed by atoms with Gasteiger partial charge in [-0.3, -0.25) is 0 Å². The van der Waals surface area contributed by atoms with Gasteiger partial charge in [0.15, 0.2) is 11.8 Å². The van der Waals surface area contributed by atoms with Gasteiger partial charge in [0.05, 0.1) is 11.3 Å². The molecule has 0 aliphatic carbocycles. The normalized spacial score (nSPS) is 9.81. The molecule has 1 heterocycles. The van der Waals surface area contributed by atoms with Crippen LogP contribution in [0.5, 0.6) is 0 Å². The second-order valence-electron chi connectivity index (χ2n) is 3.95. The number of carbonyl (C=O) groups is 1. The van der Waals surface area contributed by atoms with Gasteiger partial charge in [0, 0.05) is 11.5 Å². The molecule has 21 heavy (non-hydrogen) atoms. The smallest absolute Gasteiger partial charge is 0.339 e. The van der Waals surface area contributed by atoms with Crippen LogP contribution >= 0.6 is 27.7 Å². The number of hydrogen-bond donors (Lipinski definition) is 0. The highest BCUT2D eigenvalue weighted by atomic mass is 79.9. The summed E-state index contributed by atoms with van der Waals surface area (Å²) in [7, 11) is 1.87. The molecule has 0 N–H and O–H groups in total. The van der Waals surface area contributed by atoms with E-state index >= 15 is 0 Å². The van der Waals surface area contributed by atoms with Crippen molar-refractivity contribution in [1.82, 2.24) is 14.8 Å². The Morgan fingerprint density at radius 2 is 2.14 bits per heavy atom. The lowest BCUT2D eigenvalue weighted by atomic mass is 10.2. The minimum Gasteiger partial charge on any atom is -0.449 e. The van der Waals surface area contributed by atoms with Gasteiger partial charge >= 0.3 is 5.97 Å². The van der Waals surface area contributed by atoms with Crippen LogP contribution in [0.1, 0.15) is 10.4 Å². The second kappa shape index (κ2) is 7.86. The Labute approximate surface area is 135 Å². The van der Waals surface area contributed by atoms with E-state index in [-0.39, 0.29) is 12.6 Å². The molecule has 0 fully saturated rings. The number of carbonyl (C=O) groups excluding carboxylic acids is 1. The van der Waals surface area contributed by atoms with Crippen molar-refractivity contribution < 1.29 is 9.53 Å². The van der Waals surface area contributed by atoms with Crippen molar-refractivity contribution in [3.63, 3.8) is 0 Å². The van der Waals surface area contributed by atoms with Gasteiger partial charge in [-0.05, 0) is 24.3 Å². The number of aromatic nitrogens is 3. The first-order chi connectivity index (χ1) is 10.2. The highest BCUT2D eigenvalue weighted by molar-refractivity contribution is 9.10. The number of halogens is 1. The fourth-order valence-corrected chi connectivity index (χ4v) is 2.30. The molecule has 0 radical (unpaired) electrons. The van der Waals surface area contributed by atoms with Gasteiger partial charge in [-0.2, -0.15) is 0 Å². The molecule has 0 bridgehead atoms. The lowest BCUT2D eigenvalue weighted by molar-refractivity contribution is 0.0556. The third-order valence-electron chi connectivity index (χ3n) is 2.42. The van der Waals surface area contributed by atoms with Crippen LogP contribution in [-0.2, 0) is 11.8 Å². The van der Waals surface area contributed by atoms with Gasteiger partial charge in [-0.1, -0.05) is 39.5 Å². The van der Waals surface area contributed by atoms with Gasteiger partial charge in [0.25, 0.3) is 0 Å². The summed E-state index contributed by atoms with van der Waals surface area (Å²) in [5.74, 6) is 5.91. The second-order valence-corrected chi connectivity index (χ2v) is 5.81. The van der Waals surface area contributed by atoms with Crippen LogP contribution in [0.3, 0.4) is 0 Å². The molecule has 0 amide bonds. The SMILES string of the molecule is Cn1cnnc1SCC#CCOC(=O)c1ccc(Br)cc1. The zero-order valence-corrected chi connectivity index (χ0v) is 13.6. The van der Waals surface area contributed by atoms with Crippen LogP contribution in [0.2, 0.25) is 0 Å². The van der Waals surface area contributed by atoms with Crippen molar-refractivity contribution in [3.05, 3.63) is 40.6 Å². The summed E-state index contributed by atoms with van der Waals surface area (Å²) in [6.07, 6.45) is 1.63. The van der Waals surface area contributed by atoms with E-state index in [4.69, 9.17) is 4.74 Å². The fourth-order valence-electron chi connectivity index (χ4n) is 1.38. The summed E-state index contributed by atoms with van der Waals surface area (Å²) in [6.45, 7) is 0.0777. The zero-order valence-electron chi connectivity index (χ0n) is 11.2. The Morgan fingerprint density at radius 3 is 2.81 bits per heavy atom. The molecule has 0 spiro atoms. The number of nitrogens with zero attached hydrogens (tertiary/aromatic N) is 3. The number of ether oxygens (including phenoxy) is 1. The van der Waals surface area contributed by atoms with Crippen LogP contribution in [0.4, 0.5) is 0 Å². The first kappa shape index (κ1) is 15.6. The summed E-state index contributed by atoms with van der Waals surface area (Å²) in [5, 5.41) is 8.50. The number of esters is 1. The highest BCUT2D eigenvalue weighted by Crippen LogP contribution is 2.12. The third kappa shape index (κ3) is 4.92. The molecule has 0 atom stereocenters. The molecule has 0 unspecified atom stereocenters. The van der Waals surface area contributed by atoms with Gasteiger partial charge in [0.1, 0.15) is 6.33 Å². The van der Waals surface area contributed by atoms with E-state index in [0.29, 0.717) is 11.3 Å². The molecular formula is C14H12BrN3O2S. The van der Waals surface area contributed by atoms with Gasteiger partial charge < -0.3 is 9.30 Å². The van der Waals surface area contributed by atoms with Crippen molar-refractivity contribution in [3.8, 4) is 11.8 Å². The molecule has 2 rings (SSSR count). The summed E-state index contributed by atoms with van der Waals surface area (Å²) in [6, 6.07) is 6.98. The molecule has 0 saturated carbocycles. The number of benzene rings is 1. The Hall–Kier alpha value is -1.78. The first-order valence-corrected chi connectivity index (χ1v) is 7.80. The van der Waals surface area contributed by atoms with E-state index in [2.05, 4.69) is 38.0 Å². The van der Waals surface area contributed by atoms with Crippen molar-refractivity contribution in [2.24, 2.45) is 7.05 Å². The Kier molecular flexibility index (Phi) is 5.84. The average molecular weight is 366 g/mol. The maximum Gasteiger partial charge on any atom is 0.339 e. The number of hydrogen-bond acceptors (Lipinski definition) is 5.